The molecule has 0 unspecified atom stereocenters. The molecule has 0 bridgehead atoms. The van der Waals surface area contributed by atoms with E-state index >= 15 is 0 Å². The fourth-order valence-corrected chi connectivity index (χ4v) is 5.35. The summed E-state index contributed by atoms with van der Waals surface area (Å²) in [6.07, 6.45) is -0.930. The van der Waals surface area contributed by atoms with E-state index in [2.05, 4.69) is 10.6 Å². The summed E-state index contributed by atoms with van der Waals surface area (Å²) in [5.74, 6) is -5.27. The molecule has 1 aliphatic carbocycles. The van der Waals surface area contributed by atoms with Crippen LogP contribution in [0.4, 0.5) is 0 Å². The van der Waals surface area contributed by atoms with Crippen molar-refractivity contribution in [3.8, 4) is 0 Å². The molecule has 0 spiro atoms. The molecular weight excluding hydrogens is 586 g/mol. The number of rotatable bonds is 11. The molecule has 2 heterocycles. The van der Waals surface area contributed by atoms with Crippen molar-refractivity contribution in [2.45, 2.75) is 84.0 Å². The number of ether oxygens (including phenoxy) is 5. The van der Waals surface area contributed by atoms with Crippen molar-refractivity contribution in [2.24, 2.45) is 11.8 Å². The first-order chi connectivity index (χ1) is 20.7. The summed E-state index contributed by atoms with van der Waals surface area (Å²) in [5, 5.41) is 5.09. The molecule has 0 radical (unpaired) electrons. The normalized spacial score (nSPS) is 28.1. The molecule has 3 aliphatic rings. The molecule has 16 heteroatoms. The minimum atomic E-state index is -1.55. The van der Waals surface area contributed by atoms with Crippen LogP contribution in [0.25, 0.3) is 0 Å². The average Bonchev–Trinajstić information content (AvgIpc) is 3.25. The first-order valence-corrected chi connectivity index (χ1v) is 14.2. The van der Waals surface area contributed by atoms with Gasteiger partial charge in [-0.2, -0.15) is 0 Å². The van der Waals surface area contributed by atoms with Crippen LogP contribution < -0.4 is 10.6 Å². The number of nitrogens with one attached hydrogen (secondary N) is 2. The Hall–Kier alpha value is -4.34. The molecule has 242 valence electrons. The van der Waals surface area contributed by atoms with Gasteiger partial charge in [0.15, 0.2) is 12.2 Å². The summed E-state index contributed by atoms with van der Waals surface area (Å²) in [6, 6.07) is -1.38. The van der Waals surface area contributed by atoms with E-state index in [0.29, 0.717) is 25.7 Å². The van der Waals surface area contributed by atoms with Gasteiger partial charge in [0, 0.05) is 52.3 Å². The van der Waals surface area contributed by atoms with Gasteiger partial charge in [0.05, 0.1) is 6.54 Å². The Labute approximate surface area is 253 Å². The topological polar surface area (TPSA) is 210 Å². The third kappa shape index (κ3) is 9.59. The molecule has 16 nitrogen and oxygen atoms in total. The van der Waals surface area contributed by atoms with E-state index < -0.39 is 79.5 Å². The molecule has 5 atom stereocenters. The Morgan fingerprint density at radius 3 is 1.93 bits per heavy atom. The van der Waals surface area contributed by atoms with Crippen molar-refractivity contribution < 1.29 is 62.0 Å². The smallest absolute Gasteiger partial charge is 0.305 e. The zero-order valence-electron chi connectivity index (χ0n) is 24.9. The highest BCUT2D eigenvalue weighted by molar-refractivity contribution is 6.12. The summed E-state index contributed by atoms with van der Waals surface area (Å²) in [4.78, 5) is 97.8. The van der Waals surface area contributed by atoms with Crippen LogP contribution in [0.1, 0.15) is 53.4 Å². The predicted octanol–water partition coefficient (Wildman–Crippen LogP) is -0.967. The van der Waals surface area contributed by atoms with Gasteiger partial charge in [-0.15, -0.1) is 0 Å². The number of carbonyl (C=O) groups excluding carboxylic acids is 8. The zero-order valence-corrected chi connectivity index (χ0v) is 24.9. The van der Waals surface area contributed by atoms with Crippen molar-refractivity contribution in [3.63, 3.8) is 0 Å². The third-order valence-corrected chi connectivity index (χ3v) is 7.29. The lowest BCUT2D eigenvalue weighted by atomic mass is 9.81. The molecule has 1 saturated carbocycles. The molecule has 3 rings (SSSR count). The summed E-state index contributed by atoms with van der Waals surface area (Å²) in [5.41, 5.74) is 0. The van der Waals surface area contributed by atoms with Crippen molar-refractivity contribution in [1.29, 1.82) is 0 Å². The number of esters is 4. The van der Waals surface area contributed by atoms with Gasteiger partial charge in [0.1, 0.15) is 18.8 Å². The monoisotopic (exact) mass is 623 g/mol. The van der Waals surface area contributed by atoms with Crippen molar-refractivity contribution in [3.05, 3.63) is 12.2 Å². The Balaban J connectivity index is 1.63. The Bertz CT molecular complexity index is 1180. The number of amides is 4. The average molecular weight is 624 g/mol. The number of hydrogen-bond acceptors (Lipinski definition) is 13. The van der Waals surface area contributed by atoms with Crippen LogP contribution in [-0.4, -0.2) is 103 Å². The van der Waals surface area contributed by atoms with E-state index in [-0.39, 0.29) is 30.2 Å². The Morgan fingerprint density at radius 1 is 0.818 bits per heavy atom. The van der Waals surface area contributed by atoms with Gasteiger partial charge in [0.25, 0.3) is 11.8 Å². The molecule has 2 fully saturated rings. The fraction of sp³-hybridized carbons (Fsp3) is 0.643. The number of hydrogen-bond donors (Lipinski definition) is 2. The molecule has 0 aromatic carbocycles. The van der Waals surface area contributed by atoms with Crippen molar-refractivity contribution >= 4 is 47.5 Å². The van der Waals surface area contributed by atoms with Crippen molar-refractivity contribution in [1.82, 2.24) is 15.5 Å². The lowest BCUT2D eigenvalue weighted by Crippen LogP contribution is -2.67. The minimum absolute atomic E-state index is 0.0627. The maximum Gasteiger partial charge on any atom is 0.305 e. The van der Waals surface area contributed by atoms with Crippen LogP contribution in [0, 0.1) is 11.8 Å². The molecule has 0 aromatic rings. The summed E-state index contributed by atoms with van der Waals surface area (Å²) >= 11 is 0. The van der Waals surface area contributed by atoms with Crippen LogP contribution in [0.2, 0.25) is 0 Å². The number of carbonyl (C=O) groups is 8. The standard InChI is InChI=1S/C28H37N3O13/c1-14(32)40-13-20-25(41-15(2)33)26(42-16(3)34)24(28(44-20)43-17(4)35)30-21(36)11-29-27(39)19-7-5-18(6-8-19)12-31-22(37)9-10-23(31)38/h9-10,18-20,24-26,28H,5-8,11-13H2,1-4H3,(H,29,39)(H,30,36)/t18?,19?,20-,24+,25-,26-,28+/m1/s1. The van der Waals surface area contributed by atoms with Gasteiger partial charge < -0.3 is 34.3 Å². The summed E-state index contributed by atoms with van der Waals surface area (Å²) in [7, 11) is 0. The second kappa shape index (κ2) is 15.4. The quantitative estimate of drug-likeness (QED) is 0.161. The largest absolute Gasteiger partial charge is 0.463 e. The van der Waals surface area contributed by atoms with E-state index in [1.807, 2.05) is 0 Å². The third-order valence-electron chi connectivity index (χ3n) is 7.29. The maximum absolute atomic E-state index is 13.0. The first-order valence-electron chi connectivity index (χ1n) is 14.2. The van der Waals surface area contributed by atoms with Gasteiger partial charge in [0.2, 0.25) is 18.1 Å². The number of imide groups is 1. The molecular formula is C28H37N3O13. The summed E-state index contributed by atoms with van der Waals surface area (Å²) in [6.45, 7) is 3.72. The number of nitrogens with zero attached hydrogens (tertiary/aromatic N) is 1. The highest BCUT2D eigenvalue weighted by Crippen LogP contribution is 2.31. The molecule has 0 aromatic heterocycles. The maximum atomic E-state index is 13.0. The van der Waals surface area contributed by atoms with Gasteiger partial charge in [-0.1, -0.05) is 0 Å². The first kappa shape index (κ1) is 34.2. The summed E-state index contributed by atoms with van der Waals surface area (Å²) < 4.78 is 26.6. The molecule has 4 amide bonds. The van der Waals surface area contributed by atoms with Gasteiger partial charge in [-0.05, 0) is 31.6 Å². The lowest BCUT2D eigenvalue weighted by Gasteiger charge is -2.44. The van der Waals surface area contributed by atoms with E-state index in [4.69, 9.17) is 23.7 Å². The fourth-order valence-electron chi connectivity index (χ4n) is 5.35. The van der Waals surface area contributed by atoms with Crippen LogP contribution in [0.15, 0.2) is 12.2 Å². The molecule has 2 aliphatic heterocycles. The molecule has 2 N–H and O–H groups in total. The highest BCUT2D eigenvalue weighted by Gasteiger charge is 2.52. The van der Waals surface area contributed by atoms with E-state index in [9.17, 15) is 38.4 Å². The minimum Gasteiger partial charge on any atom is -0.463 e. The van der Waals surface area contributed by atoms with Crippen LogP contribution in [0.5, 0.6) is 0 Å². The van der Waals surface area contributed by atoms with Crippen LogP contribution in [0.3, 0.4) is 0 Å². The second-order valence-electron chi connectivity index (χ2n) is 10.8. The van der Waals surface area contributed by atoms with Gasteiger partial charge >= 0.3 is 23.9 Å². The molecule has 44 heavy (non-hydrogen) atoms. The Morgan fingerprint density at radius 2 is 1.39 bits per heavy atom. The predicted molar refractivity (Wildman–Crippen MR) is 144 cm³/mol. The van der Waals surface area contributed by atoms with Crippen LogP contribution >= 0.6 is 0 Å². The lowest BCUT2D eigenvalue weighted by molar-refractivity contribution is -0.271. The Kier molecular flexibility index (Phi) is 12.0. The van der Waals surface area contributed by atoms with E-state index in [1.54, 1.807) is 0 Å². The highest BCUT2D eigenvalue weighted by atomic mass is 16.7. The van der Waals surface area contributed by atoms with Crippen LogP contribution in [-0.2, 0) is 62.0 Å². The van der Waals surface area contributed by atoms with Crippen molar-refractivity contribution in [2.75, 3.05) is 19.7 Å². The van der Waals surface area contributed by atoms with E-state index in [0.717, 1.165) is 27.7 Å². The van der Waals surface area contributed by atoms with Gasteiger partial charge in [-0.3, -0.25) is 43.3 Å². The second-order valence-corrected chi connectivity index (χ2v) is 10.8. The van der Waals surface area contributed by atoms with E-state index in [1.165, 1.54) is 17.1 Å². The molecule has 1 saturated heterocycles. The SMILES string of the molecule is CC(=O)OC[C@H]1O[C@H](OC(C)=O)[C@@H](NC(=O)CNC(=O)C2CCC(CN3C(=O)C=CC3=O)CC2)[C@@H](OC(C)=O)[C@@H]1OC(C)=O. The van der Waals surface area contributed by atoms with Gasteiger partial charge in [-0.25, -0.2) is 0 Å². The zero-order chi connectivity index (χ0) is 32.6.